The molecule has 1 aliphatic heterocycles. The van der Waals surface area contributed by atoms with Crippen molar-refractivity contribution in [2.24, 2.45) is 0 Å². The van der Waals surface area contributed by atoms with Crippen LogP contribution in [0.25, 0.3) is 0 Å². The Morgan fingerprint density at radius 2 is 1.96 bits per heavy atom. The normalized spacial score (nSPS) is 26.9. The highest BCUT2D eigenvalue weighted by atomic mass is 16.7. The molecule has 0 bridgehead atoms. The van der Waals surface area contributed by atoms with Crippen LogP contribution in [0.2, 0.25) is 0 Å². The van der Waals surface area contributed by atoms with Crippen LogP contribution in [0.4, 0.5) is 0 Å². The number of carboxylic acid groups (broad SMARTS) is 1. The molecule has 0 aromatic carbocycles. The molecule has 0 amide bonds. The molecule has 8 nitrogen and oxygen atoms in total. The largest absolute Gasteiger partial charge is 0.480 e. The van der Waals surface area contributed by atoms with E-state index in [0.29, 0.717) is 6.42 Å². The summed E-state index contributed by atoms with van der Waals surface area (Å²) in [7, 11) is 2.52. The monoisotopic (exact) mass is 346 g/mol. The van der Waals surface area contributed by atoms with E-state index in [1.165, 1.54) is 7.11 Å². The van der Waals surface area contributed by atoms with E-state index in [1.54, 1.807) is 6.92 Å². The number of rotatable bonds is 9. The number of carbonyl (C=O) groups excluding carboxylic acids is 1. The average Bonchev–Trinajstić information content (AvgIpc) is 2.56. The van der Waals surface area contributed by atoms with Crippen molar-refractivity contribution in [3.05, 3.63) is 11.3 Å². The number of methoxy groups -OCH3 is 2. The van der Waals surface area contributed by atoms with Crippen LogP contribution >= 0.6 is 0 Å². The van der Waals surface area contributed by atoms with Gasteiger partial charge < -0.3 is 29.2 Å². The van der Waals surface area contributed by atoms with Crippen molar-refractivity contribution in [3.8, 4) is 0 Å². The zero-order valence-electron chi connectivity index (χ0n) is 14.5. The number of aliphatic carboxylic acids is 1. The van der Waals surface area contributed by atoms with Gasteiger partial charge in [-0.1, -0.05) is 19.8 Å². The van der Waals surface area contributed by atoms with Crippen molar-refractivity contribution < 1.29 is 38.7 Å². The number of aliphatic hydroxyl groups excluding tert-OH is 1. The molecule has 1 rings (SSSR count). The first kappa shape index (κ1) is 20.4. The second-order valence-corrected chi connectivity index (χ2v) is 5.78. The molecule has 0 fully saturated rings. The number of unbranched alkanes of at least 4 members (excludes halogenated alkanes) is 2. The molecule has 0 aromatic rings. The number of carbonyl (C=O) groups is 2. The molecule has 0 saturated carbocycles. The SMILES string of the molecule is CCCCC[C@H]1OC(C(=O)O)=C(C(=O)OC)[C@@H](O)[C@]1(C)OCOC. The molecule has 0 radical (unpaired) electrons. The van der Waals surface area contributed by atoms with Crippen LogP contribution in [0.1, 0.15) is 39.5 Å². The molecule has 3 atom stereocenters. The maximum atomic E-state index is 12.0. The third-order valence-electron chi connectivity index (χ3n) is 4.12. The second kappa shape index (κ2) is 9.00. The fourth-order valence-electron chi connectivity index (χ4n) is 2.67. The average molecular weight is 346 g/mol. The van der Waals surface area contributed by atoms with Crippen LogP contribution in [0.15, 0.2) is 11.3 Å². The van der Waals surface area contributed by atoms with E-state index in [1.807, 2.05) is 6.92 Å². The van der Waals surface area contributed by atoms with Gasteiger partial charge in [0.25, 0.3) is 0 Å². The first-order valence-corrected chi connectivity index (χ1v) is 7.86. The second-order valence-electron chi connectivity index (χ2n) is 5.78. The lowest BCUT2D eigenvalue weighted by Gasteiger charge is -2.44. The lowest BCUT2D eigenvalue weighted by molar-refractivity contribution is -0.222. The highest BCUT2D eigenvalue weighted by Gasteiger charge is 2.53. The van der Waals surface area contributed by atoms with Crippen LogP contribution < -0.4 is 0 Å². The standard InChI is InChI=1S/C16H26O8/c1-5-6-7-8-10-16(2,23-9-21-3)13(17)11(15(20)22-4)12(24-10)14(18)19/h10,13,17H,5-9H2,1-4H3,(H,18,19)/t10-,13-,16-/m1/s1. The fourth-order valence-corrected chi connectivity index (χ4v) is 2.67. The van der Waals surface area contributed by atoms with Gasteiger partial charge in [0.15, 0.2) is 0 Å². The summed E-state index contributed by atoms with van der Waals surface area (Å²) in [6.07, 6.45) is 0.864. The first-order chi connectivity index (χ1) is 11.3. The highest BCUT2D eigenvalue weighted by Crippen LogP contribution is 2.38. The van der Waals surface area contributed by atoms with Gasteiger partial charge in [0.2, 0.25) is 5.76 Å². The molecule has 8 heteroatoms. The quantitative estimate of drug-likeness (QED) is 0.364. The predicted octanol–water partition coefficient (Wildman–Crippen LogP) is 1.22. The minimum absolute atomic E-state index is 0.141. The Kier molecular flexibility index (Phi) is 7.65. The minimum Gasteiger partial charge on any atom is -0.480 e. The Labute approximate surface area is 141 Å². The van der Waals surface area contributed by atoms with E-state index in [0.717, 1.165) is 26.4 Å². The molecule has 2 N–H and O–H groups in total. The van der Waals surface area contributed by atoms with Gasteiger partial charge in [0.05, 0.1) is 7.11 Å². The summed E-state index contributed by atoms with van der Waals surface area (Å²) in [5, 5.41) is 20.0. The molecule has 0 aliphatic carbocycles. The zero-order valence-corrected chi connectivity index (χ0v) is 14.5. The summed E-state index contributed by atoms with van der Waals surface area (Å²) in [4.78, 5) is 23.4. The summed E-state index contributed by atoms with van der Waals surface area (Å²) in [5.74, 6) is -3.02. The lowest BCUT2D eigenvalue weighted by atomic mass is 9.82. The van der Waals surface area contributed by atoms with Gasteiger partial charge in [-0.15, -0.1) is 0 Å². The summed E-state index contributed by atoms with van der Waals surface area (Å²) in [6.45, 7) is 3.46. The molecule has 138 valence electrons. The van der Waals surface area contributed by atoms with Crippen molar-refractivity contribution in [1.29, 1.82) is 0 Å². The third-order valence-corrected chi connectivity index (χ3v) is 4.12. The Hall–Kier alpha value is -1.64. The number of esters is 1. The van der Waals surface area contributed by atoms with Crippen LogP contribution in [0.5, 0.6) is 0 Å². The van der Waals surface area contributed by atoms with Crippen LogP contribution in [0.3, 0.4) is 0 Å². The molecule has 0 unspecified atom stereocenters. The molecular weight excluding hydrogens is 320 g/mol. The predicted molar refractivity (Wildman–Crippen MR) is 83.1 cm³/mol. The van der Waals surface area contributed by atoms with Gasteiger partial charge in [-0.3, -0.25) is 0 Å². The molecule has 1 heterocycles. The number of hydrogen-bond donors (Lipinski definition) is 2. The first-order valence-electron chi connectivity index (χ1n) is 7.86. The topological polar surface area (TPSA) is 112 Å². The van der Waals surface area contributed by atoms with Crippen molar-refractivity contribution in [3.63, 3.8) is 0 Å². The van der Waals surface area contributed by atoms with E-state index in [9.17, 15) is 19.8 Å². The molecule has 0 spiro atoms. The van der Waals surface area contributed by atoms with Gasteiger partial charge in [-0.25, -0.2) is 9.59 Å². The Morgan fingerprint density at radius 3 is 2.46 bits per heavy atom. The van der Waals surface area contributed by atoms with E-state index in [4.69, 9.17) is 14.2 Å². The Balaban J connectivity index is 3.26. The van der Waals surface area contributed by atoms with Gasteiger partial charge >= 0.3 is 11.9 Å². The smallest absolute Gasteiger partial charge is 0.371 e. The van der Waals surface area contributed by atoms with Crippen molar-refractivity contribution >= 4 is 11.9 Å². The lowest BCUT2D eigenvalue weighted by Crippen LogP contribution is -2.58. The molecule has 0 saturated heterocycles. The van der Waals surface area contributed by atoms with Crippen molar-refractivity contribution in [2.75, 3.05) is 21.0 Å². The third kappa shape index (κ3) is 4.25. The maximum Gasteiger partial charge on any atom is 0.371 e. The highest BCUT2D eigenvalue weighted by molar-refractivity contribution is 5.99. The fraction of sp³-hybridized carbons (Fsp3) is 0.750. The summed E-state index contributed by atoms with van der Waals surface area (Å²) in [5.41, 5.74) is -1.80. The van der Waals surface area contributed by atoms with Gasteiger partial charge in [-0.05, 0) is 19.8 Å². The molecule has 24 heavy (non-hydrogen) atoms. The summed E-state index contributed by atoms with van der Waals surface area (Å²) in [6, 6.07) is 0. The van der Waals surface area contributed by atoms with Gasteiger partial charge in [-0.2, -0.15) is 0 Å². The zero-order chi connectivity index (χ0) is 18.3. The van der Waals surface area contributed by atoms with Gasteiger partial charge in [0.1, 0.15) is 30.2 Å². The molecular formula is C16H26O8. The summed E-state index contributed by atoms with van der Waals surface area (Å²) >= 11 is 0. The maximum absolute atomic E-state index is 12.0. The minimum atomic E-state index is -1.52. The van der Waals surface area contributed by atoms with Crippen LogP contribution in [-0.4, -0.2) is 61.0 Å². The Morgan fingerprint density at radius 1 is 1.29 bits per heavy atom. The van der Waals surface area contributed by atoms with E-state index in [-0.39, 0.29) is 6.79 Å². The number of hydrogen-bond acceptors (Lipinski definition) is 7. The van der Waals surface area contributed by atoms with Crippen molar-refractivity contribution in [2.45, 2.75) is 57.3 Å². The van der Waals surface area contributed by atoms with Crippen LogP contribution in [0, 0.1) is 0 Å². The molecule has 0 aromatic heterocycles. The number of ether oxygens (including phenoxy) is 4. The number of carboxylic acids is 1. The van der Waals surface area contributed by atoms with Crippen molar-refractivity contribution in [1.82, 2.24) is 0 Å². The Bertz CT molecular complexity index is 486. The van der Waals surface area contributed by atoms with Crippen LogP contribution in [-0.2, 0) is 28.5 Å². The van der Waals surface area contributed by atoms with Gasteiger partial charge in [0, 0.05) is 7.11 Å². The molecule has 1 aliphatic rings. The van der Waals surface area contributed by atoms with E-state index in [2.05, 4.69) is 4.74 Å². The number of aliphatic hydroxyl groups is 1. The van der Waals surface area contributed by atoms with E-state index >= 15 is 0 Å². The van der Waals surface area contributed by atoms with E-state index < -0.39 is 41.1 Å². The summed E-state index contributed by atoms with van der Waals surface area (Å²) < 4.78 is 20.6.